The van der Waals surface area contributed by atoms with E-state index in [1.807, 2.05) is 0 Å². The van der Waals surface area contributed by atoms with Crippen LogP contribution in [0.1, 0.15) is 213 Å². The second-order valence-corrected chi connectivity index (χ2v) is 18.4. The van der Waals surface area contributed by atoms with E-state index >= 15 is 0 Å². The number of ether oxygens (including phenoxy) is 2. The Bertz CT molecular complexity index is 1290. The van der Waals surface area contributed by atoms with Crippen LogP contribution in [-0.4, -0.2) is 60.5 Å². The number of rotatable bonds is 48. The number of carboxylic acid groups (broad SMARTS) is 1. The fourth-order valence-electron chi connectivity index (χ4n) is 6.80. The number of allylic oxidation sites excluding steroid dienone is 12. The zero-order chi connectivity index (χ0) is 46.9. The number of phosphoric ester groups is 1. The van der Waals surface area contributed by atoms with E-state index in [1.165, 1.54) is 103 Å². The lowest BCUT2D eigenvalue weighted by Gasteiger charge is -2.20. The van der Waals surface area contributed by atoms with Crippen LogP contribution in [0.2, 0.25) is 0 Å². The number of carboxylic acids is 1. The molecule has 0 saturated heterocycles. The molecule has 0 aromatic heterocycles. The molecule has 0 amide bonds. The molecule has 0 aliphatic carbocycles. The Morgan fingerprint density at radius 3 is 1.38 bits per heavy atom. The first-order valence-electron chi connectivity index (χ1n) is 25.5. The fraction of sp³-hybridized carbons (Fsp3) is 0.736. The van der Waals surface area contributed by atoms with Crippen LogP contribution in [0.4, 0.5) is 0 Å². The maximum atomic E-state index is 12.7. The molecular weight excluding hydrogens is 826 g/mol. The molecule has 0 aliphatic rings. The molecule has 0 fully saturated rings. The van der Waals surface area contributed by atoms with Gasteiger partial charge in [-0.3, -0.25) is 18.6 Å². The maximum Gasteiger partial charge on any atom is 0.472 e. The van der Waals surface area contributed by atoms with Crippen LogP contribution in [0.15, 0.2) is 72.9 Å². The lowest BCUT2D eigenvalue weighted by atomic mass is 10.1. The summed E-state index contributed by atoms with van der Waals surface area (Å²) in [5, 5.41) is 8.93. The van der Waals surface area contributed by atoms with E-state index in [1.54, 1.807) is 0 Å². The van der Waals surface area contributed by atoms with Crippen molar-refractivity contribution in [3.05, 3.63) is 72.9 Å². The van der Waals surface area contributed by atoms with Crippen molar-refractivity contribution in [2.75, 3.05) is 26.4 Å². The van der Waals surface area contributed by atoms with Gasteiger partial charge in [0.1, 0.15) is 12.1 Å². The molecule has 0 spiro atoms. The predicted octanol–water partition coefficient (Wildman–Crippen LogP) is 14.9. The van der Waals surface area contributed by atoms with E-state index in [9.17, 15) is 19.0 Å². The van der Waals surface area contributed by atoms with Crippen LogP contribution in [0.5, 0.6) is 0 Å². The third-order valence-corrected chi connectivity index (χ3v) is 11.7. The average molecular weight is 920 g/mol. The quantitative estimate of drug-likeness (QED) is 0.0232. The Morgan fingerprint density at radius 1 is 0.516 bits per heavy atom. The van der Waals surface area contributed by atoms with Crippen molar-refractivity contribution >= 4 is 19.8 Å². The molecule has 0 aromatic rings. The van der Waals surface area contributed by atoms with E-state index < -0.39 is 45.1 Å². The number of carbonyl (C=O) groups excluding carboxylic acids is 1. The highest BCUT2D eigenvalue weighted by molar-refractivity contribution is 7.47. The van der Waals surface area contributed by atoms with Gasteiger partial charge in [-0.15, -0.1) is 0 Å². The fourth-order valence-corrected chi connectivity index (χ4v) is 7.58. The van der Waals surface area contributed by atoms with Crippen LogP contribution in [-0.2, 0) is 32.7 Å². The molecule has 4 N–H and O–H groups in total. The average Bonchev–Trinajstić information content (AvgIpc) is 3.28. The van der Waals surface area contributed by atoms with E-state index in [0.717, 1.165) is 83.5 Å². The van der Waals surface area contributed by atoms with Gasteiger partial charge in [-0.05, 0) is 83.5 Å². The Hall–Kier alpha value is -2.59. The van der Waals surface area contributed by atoms with Crippen molar-refractivity contribution in [2.24, 2.45) is 5.73 Å². The van der Waals surface area contributed by atoms with Gasteiger partial charge in [0.15, 0.2) is 0 Å². The molecule has 370 valence electrons. The SMILES string of the molecule is CC/C=C\C/C=C\C/C=C\C/C=C\C/C=C\CCCCCCCCCCOCC(COP(=O)(O)OCC(N)C(=O)O)OC(=O)CCCCCCCCC/C=C\CCCCCCCCC. The van der Waals surface area contributed by atoms with Gasteiger partial charge in [-0.2, -0.15) is 0 Å². The Labute approximate surface area is 391 Å². The summed E-state index contributed by atoms with van der Waals surface area (Å²) < 4.78 is 33.5. The molecule has 0 saturated carbocycles. The smallest absolute Gasteiger partial charge is 0.472 e. The molecule has 11 heteroatoms. The topological polar surface area (TPSA) is 155 Å². The predicted molar refractivity (Wildman–Crippen MR) is 267 cm³/mol. The third-order valence-electron chi connectivity index (χ3n) is 10.7. The normalized spacial score (nSPS) is 14.3. The molecular formula is C53H94NO9P. The third kappa shape index (κ3) is 47.4. The lowest BCUT2D eigenvalue weighted by molar-refractivity contribution is -0.154. The number of hydrogen-bond acceptors (Lipinski definition) is 8. The van der Waals surface area contributed by atoms with E-state index in [2.05, 4.69) is 86.8 Å². The van der Waals surface area contributed by atoms with Crippen LogP contribution in [0, 0.1) is 0 Å². The van der Waals surface area contributed by atoms with Gasteiger partial charge in [0.25, 0.3) is 0 Å². The van der Waals surface area contributed by atoms with Crippen molar-refractivity contribution in [3.63, 3.8) is 0 Å². The van der Waals surface area contributed by atoms with E-state index in [0.29, 0.717) is 13.0 Å². The first-order valence-corrected chi connectivity index (χ1v) is 27.0. The zero-order valence-electron chi connectivity index (χ0n) is 40.6. The maximum absolute atomic E-state index is 12.7. The molecule has 3 atom stereocenters. The monoisotopic (exact) mass is 920 g/mol. The van der Waals surface area contributed by atoms with Gasteiger partial charge in [0, 0.05) is 13.0 Å². The van der Waals surface area contributed by atoms with Crippen LogP contribution < -0.4 is 5.73 Å². The first-order chi connectivity index (χ1) is 31.2. The molecule has 0 heterocycles. The minimum atomic E-state index is -4.63. The van der Waals surface area contributed by atoms with Gasteiger partial charge >= 0.3 is 19.8 Å². The van der Waals surface area contributed by atoms with E-state index in [-0.39, 0.29) is 13.0 Å². The summed E-state index contributed by atoms with van der Waals surface area (Å²) in [5.41, 5.74) is 5.37. The molecule has 0 aromatic carbocycles. The summed E-state index contributed by atoms with van der Waals surface area (Å²) in [4.78, 5) is 33.7. The second-order valence-electron chi connectivity index (χ2n) is 16.9. The van der Waals surface area contributed by atoms with Crippen molar-refractivity contribution in [1.82, 2.24) is 0 Å². The molecule has 0 rings (SSSR count). The molecule has 3 unspecified atom stereocenters. The number of nitrogens with two attached hydrogens (primary N) is 1. The van der Waals surface area contributed by atoms with Gasteiger partial charge < -0.3 is 25.2 Å². The zero-order valence-corrected chi connectivity index (χ0v) is 41.5. The van der Waals surface area contributed by atoms with Crippen molar-refractivity contribution < 1.29 is 42.7 Å². The van der Waals surface area contributed by atoms with E-state index in [4.69, 9.17) is 29.4 Å². The Kier molecular flexibility index (Phi) is 46.4. The molecule has 0 bridgehead atoms. The summed E-state index contributed by atoms with van der Waals surface area (Å²) >= 11 is 0. The first kappa shape index (κ1) is 61.4. The minimum absolute atomic E-state index is 0.00653. The number of carbonyl (C=O) groups is 2. The summed E-state index contributed by atoms with van der Waals surface area (Å²) in [5.74, 6) is -1.79. The van der Waals surface area contributed by atoms with Crippen molar-refractivity contribution in [2.45, 2.75) is 225 Å². The number of phosphoric acid groups is 1. The van der Waals surface area contributed by atoms with Gasteiger partial charge in [0.05, 0.1) is 19.8 Å². The van der Waals surface area contributed by atoms with Crippen LogP contribution in [0.25, 0.3) is 0 Å². The largest absolute Gasteiger partial charge is 0.480 e. The summed E-state index contributed by atoms with van der Waals surface area (Å²) in [6.07, 6.45) is 61.0. The Morgan fingerprint density at radius 2 is 0.906 bits per heavy atom. The van der Waals surface area contributed by atoms with Crippen LogP contribution >= 0.6 is 7.82 Å². The highest BCUT2D eigenvalue weighted by Gasteiger charge is 2.27. The number of unbranched alkanes of at least 4 members (excludes halogenated alkanes) is 22. The second kappa shape index (κ2) is 48.3. The van der Waals surface area contributed by atoms with Gasteiger partial charge in [-0.1, -0.05) is 196 Å². The standard InChI is InChI=1S/C53H94NO9P/c1-3-5-7-9-11-13-15-17-19-21-23-24-25-26-27-28-30-32-34-36-38-40-42-44-46-60-47-50(48-61-64(58,59)62-49-51(54)53(56)57)63-52(55)45-43-41-39-37-35-33-31-29-22-20-18-16-14-12-10-8-6-4-2/h5,7,11,13,17,19-20,22-24,26-27,50-51H,3-4,6,8-10,12,14-16,18,21,25,28-49,54H2,1-2H3,(H,56,57)(H,58,59)/b7-5-,13-11-,19-17-,22-20-,24-23-,27-26-. The summed E-state index contributed by atoms with van der Waals surface area (Å²) in [6.45, 7) is 3.75. The molecule has 0 radical (unpaired) electrons. The molecule has 10 nitrogen and oxygen atoms in total. The molecule has 0 aliphatic heterocycles. The van der Waals surface area contributed by atoms with Crippen molar-refractivity contribution in [1.29, 1.82) is 0 Å². The van der Waals surface area contributed by atoms with Gasteiger partial charge in [0.2, 0.25) is 0 Å². The summed E-state index contributed by atoms with van der Waals surface area (Å²) in [7, 11) is -4.63. The number of hydrogen-bond donors (Lipinski definition) is 3. The highest BCUT2D eigenvalue weighted by Crippen LogP contribution is 2.43. The van der Waals surface area contributed by atoms with Gasteiger partial charge in [-0.25, -0.2) is 4.57 Å². The number of aliphatic carboxylic acids is 1. The minimum Gasteiger partial charge on any atom is -0.480 e. The van der Waals surface area contributed by atoms with Crippen LogP contribution in [0.3, 0.4) is 0 Å². The Balaban J connectivity index is 4.18. The highest BCUT2D eigenvalue weighted by atomic mass is 31.2. The number of esters is 1. The molecule has 64 heavy (non-hydrogen) atoms. The van der Waals surface area contributed by atoms with Crippen molar-refractivity contribution in [3.8, 4) is 0 Å². The lowest BCUT2D eigenvalue weighted by Crippen LogP contribution is -2.34. The summed E-state index contributed by atoms with van der Waals surface area (Å²) in [6, 6.07) is -1.48.